The summed E-state index contributed by atoms with van der Waals surface area (Å²) >= 11 is 0. The predicted octanol–water partition coefficient (Wildman–Crippen LogP) is 4.96. The number of nitrogens with two attached hydrogens (primary N) is 1. The molecule has 1 aliphatic heterocycles. The number of aromatic nitrogens is 2. The summed E-state index contributed by atoms with van der Waals surface area (Å²) in [7, 11) is 0. The van der Waals surface area contributed by atoms with Gasteiger partial charge in [0.05, 0.1) is 38.3 Å². The molecule has 0 amide bonds. The van der Waals surface area contributed by atoms with Crippen LogP contribution in [0, 0.1) is 11.2 Å². The summed E-state index contributed by atoms with van der Waals surface area (Å²) in [5.41, 5.74) is 5.94. The Bertz CT molecular complexity index is 1500. The zero-order valence-corrected chi connectivity index (χ0v) is 24.4. The molecule has 0 atom stereocenters. The zero-order valence-electron chi connectivity index (χ0n) is 24.4. The Kier molecular flexibility index (Phi) is 13.8. The van der Waals surface area contributed by atoms with Gasteiger partial charge >= 0.3 is 5.97 Å². The molecule has 1 aromatic heterocycles. The number of aliphatic carboxylic acids is 1. The number of nitrogens with zero attached hydrogens (tertiary/aromatic N) is 3. The number of hydrogen-bond acceptors (Lipinski definition) is 8. The minimum absolute atomic E-state index is 0.0158. The van der Waals surface area contributed by atoms with Gasteiger partial charge in [-0.25, -0.2) is 18.6 Å². The van der Waals surface area contributed by atoms with Crippen LogP contribution in [0.15, 0.2) is 109 Å². The molecule has 45 heavy (non-hydrogen) atoms. The van der Waals surface area contributed by atoms with Crippen LogP contribution in [0.25, 0.3) is 11.9 Å². The SMILES string of the molecule is N=C(\C=C/C=C\C=C(OCCCOc1cc(/C=C/C=C(\N)n2ccnc2)ccc1F)/C(F)=C\C(=C/O)C(=O)O)N1CCOCC1. The lowest BCUT2D eigenvalue weighted by Gasteiger charge is -2.27. The van der Waals surface area contributed by atoms with E-state index in [1.165, 1.54) is 24.3 Å². The lowest BCUT2D eigenvalue weighted by atomic mass is 10.2. The largest absolute Gasteiger partial charge is 0.515 e. The highest BCUT2D eigenvalue weighted by atomic mass is 19.1. The third kappa shape index (κ3) is 11.6. The van der Waals surface area contributed by atoms with Crippen LogP contribution >= 0.6 is 0 Å². The van der Waals surface area contributed by atoms with Crippen molar-refractivity contribution in [2.45, 2.75) is 6.42 Å². The van der Waals surface area contributed by atoms with Crippen molar-refractivity contribution in [3.05, 3.63) is 120 Å². The maximum absolute atomic E-state index is 14.9. The summed E-state index contributed by atoms with van der Waals surface area (Å²) in [6.07, 6.45) is 18.5. The Morgan fingerprint density at radius 3 is 2.67 bits per heavy atom. The molecule has 0 unspecified atom stereocenters. The van der Waals surface area contributed by atoms with Crippen molar-refractivity contribution >= 4 is 23.7 Å². The highest BCUT2D eigenvalue weighted by molar-refractivity contribution is 5.90. The number of carbonyl (C=O) groups is 1. The highest BCUT2D eigenvalue weighted by Gasteiger charge is 2.12. The van der Waals surface area contributed by atoms with E-state index in [1.54, 1.807) is 65.8 Å². The number of imidazole rings is 1. The normalized spacial score (nSPS) is 15.4. The van der Waals surface area contributed by atoms with E-state index in [-0.39, 0.29) is 37.4 Å². The van der Waals surface area contributed by atoms with E-state index in [0.717, 1.165) is 0 Å². The molecule has 5 N–H and O–H groups in total. The second-order valence-electron chi connectivity index (χ2n) is 9.30. The van der Waals surface area contributed by atoms with Crippen molar-refractivity contribution in [1.82, 2.24) is 14.5 Å². The number of benzene rings is 1. The van der Waals surface area contributed by atoms with Crippen LogP contribution in [0.2, 0.25) is 0 Å². The fourth-order valence-corrected chi connectivity index (χ4v) is 3.74. The molecule has 0 spiro atoms. The molecule has 0 radical (unpaired) electrons. The van der Waals surface area contributed by atoms with Gasteiger partial charge in [0.25, 0.3) is 0 Å². The van der Waals surface area contributed by atoms with Crippen LogP contribution in [0.5, 0.6) is 5.75 Å². The molecule has 1 fully saturated rings. The van der Waals surface area contributed by atoms with Crippen molar-refractivity contribution in [3.8, 4) is 5.75 Å². The predicted molar refractivity (Wildman–Crippen MR) is 166 cm³/mol. The number of ether oxygens (including phenoxy) is 3. The number of hydrogen-bond donors (Lipinski definition) is 4. The smallest absolute Gasteiger partial charge is 0.338 e. The van der Waals surface area contributed by atoms with Crippen LogP contribution in [0.1, 0.15) is 12.0 Å². The Labute approximate surface area is 259 Å². The van der Waals surface area contributed by atoms with Crippen molar-refractivity contribution in [2.75, 3.05) is 39.5 Å². The Morgan fingerprint density at radius 1 is 1.16 bits per heavy atom. The van der Waals surface area contributed by atoms with Crippen LogP contribution in [-0.4, -0.2) is 76.0 Å². The van der Waals surface area contributed by atoms with E-state index < -0.39 is 23.2 Å². The number of amidine groups is 1. The number of allylic oxidation sites excluding steroid dienone is 7. The molecule has 0 aliphatic carbocycles. The van der Waals surface area contributed by atoms with Gasteiger partial charge in [0.2, 0.25) is 0 Å². The van der Waals surface area contributed by atoms with Crippen molar-refractivity contribution in [1.29, 1.82) is 5.41 Å². The first-order valence-corrected chi connectivity index (χ1v) is 13.9. The number of aliphatic hydroxyl groups excluding tert-OH is 1. The monoisotopic (exact) mass is 623 g/mol. The summed E-state index contributed by atoms with van der Waals surface area (Å²) < 4.78 is 47.2. The van der Waals surface area contributed by atoms with Gasteiger partial charge in [-0.2, -0.15) is 0 Å². The summed E-state index contributed by atoms with van der Waals surface area (Å²) in [5.74, 6) is -2.66. The first kappa shape index (κ1) is 34.1. The van der Waals surface area contributed by atoms with Crippen molar-refractivity contribution in [2.24, 2.45) is 5.73 Å². The summed E-state index contributed by atoms with van der Waals surface area (Å²) in [5, 5.41) is 26.3. The number of morpholine rings is 1. The molecule has 2 heterocycles. The molecule has 238 valence electrons. The average Bonchev–Trinajstić information content (AvgIpc) is 3.59. The second-order valence-corrected chi connectivity index (χ2v) is 9.30. The third-order valence-electron chi connectivity index (χ3n) is 6.10. The van der Waals surface area contributed by atoms with E-state index in [9.17, 15) is 13.6 Å². The van der Waals surface area contributed by atoms with Crippen LogP contribution in [0.3, 0.4) is 0 Å². The van der Waals surface area contributed by atoms with Crippen molar-refractivity contribution in [3.63, 3.8) is 0 Å². The fourth-order valence-electron chi connectivity index (χ4n) is 3.74. The van der Waals surface area contributed by atoms with E-state index >= 15 is 0 Å². The third-order valence-corrected chi connectivity index (χ3v) is 6.10. The first-order valence-electron chi connectivity index (χ1n) is 13.9. The molecule has 3 rings (SSSR count). The Balaban J connectivity index is 1.58. The van der Waals surface area contributed by atoms with Gasteiger partial charge in [0, 0.05) is 31.9 Å². The molecule has 1 aromatic carbocycles. The lowest BCUT2D eigenvalue weighted by molar-refractivity contribution is -0.132. The molecule has 13 heteroatoms. The fraction of sp³-hybridized carbons (Fsp3) is 0.219. The van der Waals surface area contributed by atoms with Gasteiger partial charge in [0.15, 0.2) is 23.2 Å². The van der Waals surface area contributed by atoms with E-state index in [1.807, 2.05) is 4.90 Å². The second kappa shape index (κ2) is 18.3. The van der Waals surface area contributed by atoms with Gasteiger partial charge in [-0.05, 0) is 42.0 Å². The van der Waals surface area contributed by atoms with Gasteiger partial charge in [-0.15, -0.1) is 0 Å². The molecule has 1 aliphatic rings. The van der Waals surface area contributed by atoms with E-state index in [2.05, 4.69) is 4.98 Å². The number of carboxylic acids is 1. The quantitative estimate of drug-likeness (QED) is 0.0538. The van der Waals surface area contributed by atoms with E-state index in [0.29, 0.717) is 49.6 Å². The minimum Gasteiger partial charge on any atom is -0.515 e. The number of aliphatic hydroxyl groups is 1. The van der Waals surface area contributed by atoms with Gasteiger partial charge in [0.1, 0.15) is 18.0 Å². The number of carboxylic acid groups (broad SMARTS) is 1. The summed E-state index contributed by atoms with van der Waals surface area (Å²) in [6.45, 7) is 2.31. The lowest BCUT2D eigenvalue weighted by Crippen LogP contribution is -2.39. The molecule has 1 saturated heterocycles. The van der Waals surface area contributed by atoms with Gasteiger partial charge in [-0.3, -0.25) is 9.98 Å². The van der Waals surface area contributed by atoms with Gasteiger partial charge < -0.3 is 35.1 Å². The molecule has 0 bridgehead atoms. The van der Waals surface area contributed by atoms with Crippen LogP contribution in [0.4, 0.5) is 8.78 Å². The zero-order chi connectivity index (χ0) is 32.4. The number of rotatable bonds is 15. The first-order chi connectivity index (χ1) is 21.8. The van der Waals surface area contributed by atoms with Crippen LogP contribution in [-0.2, 0) is 14.3 Å². The molecular weight excluding hydrogens is 588 g/mol. The maximum Gasteiger partial charge on any atom is 0.338 e. The molecular formula is C32H35F2N5O6. The molecule has 11 nitrogen and oxygen atoms in total. The Morgan fingerprint density at radius 2 is 1.96 bits per heavy atom. The number of nitrogens with one attached hydrogen (secondary N) is 1. The van der Waals surface area contributed by atoms with Crippen LogP contribution < -0.4 is 10.5 Å². The van der Waals surface area contributed by atoms with Gasteiger partial charge in [-0.1, -0.05) is 36.4 Å². The maximum atomic E-state index is 14.9. The highest BCUT2D eigenvalue weighted by Crippen LogP contribution is 2.21. The summed E-state index contributed by atoms with van der Waals surface area (Å²) in [6, 6.07) is 4.37. The Hall–Kier alpha value is -5.43. The standard InChI is InChI=1S/C32H35F2N5O6/c33-26-11-10-24(6-4-9-31(36)39-13-12-37-23-39)20-29(26)45-17-5-16-44-28(27(34)21-25(22-40)32(41)42)7-2-1-3-8-30(35)38-14-18-43-19-15-38/h1-4,6-13,20-23,35,40H,5,14-19,36H2,(H,41,42)/b2-1-,6-4+,8-3-,25-22+,27-21+,28-7+,31-9+,35-30?. The minimum atomic E-state index is -1.53. The topological polar surface area (TPSA) is 156 Å². The average molecular weight is 624 g/mol. The summed E-state index contributed by atoms with van der Waals surface area (Å²) in [4.78, 5) is 17.0. The molecule has 2 aromatic rings. The molecule has 0 saturated carbocycles. The number of halogens is 2. The van der Waals surface area contributed by atoms with Crippen molar-refractivity contribution < 1.29 is 38.0 Å². The van der Waals surface area contributed by atoms with E-state index in [4.69, 9.17) is 35.6 Å².